The first-order valence-electron chi connectivity index (χ1n) is 3.59. The fraction of sp³-hybridized carbons (Fsp3) is 0.222. The second-order valence-electron chi connectivity index (χ2n) is 2.51. The maximum absolute atomic E-state index is 11.0. The molecule has 0 unspecified atom stereocenters. The summed E-state index contributed by atoms with van der Waals surface area (Å²) in [5, 5.41) is 0. The van der Waals surface area contributed by atoms with E-state index in [1.165, 1.54) is 0 Å². The average Bonchev–Trinajstić information content (AvgIpc) is 2.05. The molecule has 0 saturated heterocycles. The number of anilines is 1. The lowest BCUT2D eigenvalue weighted by Gasteiger charge is -2.03. The van der Waals surface area contributed by atoms with Gasteiger partial charge in [0.2, 0.25) is 0 Å². The largest absolute Gasteiger partial charge is 0.398 e. The molecule has 0 bridgehead atoms. The Labute approximate surface area is 76.2 Å². The summed E-state index contributed by atoms with van der Waals surface area (Å²) in [7, 11) is 0. The molecule has 0 aliphatic heterocycles. The Morgan fingerprint density at radius 2 is 2.17 bits per heavy atom. The number of Topliss-reactive ketones (excluding diaryl/α,β-unsaturated/α-hetero) is 1. The van der Waals surface area contributed by atoms with E-state index in [0.717, 1.165) is 10.6 Å². The Morgan fingerprint density at radius 1 is 1.50 bits per heavy atom. The number of benzene rings is 1. The summed E-state index contributed by atoms with van der Waals surface area (Å²) in [5.74, 6) is 0.0744. The van der Waals surface area contributed by atoms with Gasteiger partial charge in [-0.2, -0.15) is 0 Å². The van der Waals surface area contributed by atoms with Gasteiger partial charge < -0.3 is 5.73 Å². The molecule has 0 atom stereocenters. The lowest BCUT2D eigenvalue weighted by molar-refractivity contribution is 0.101. The molecule has 1 aromatic carbocycles. The monoisotopic (exact) mass is 181 g/mol. The van der Waals surface area contributed by atoms with Crippen molar-refractivity contribution in [3.63, 3.8) is 0 Å². The minimum Gasteiger partial charge on any atom is -0.398 e. The third-order valence-corrected chi connectivity index (χ3v) is 2.43. The quantitative estimate of drug-likeness (QED) is 0.432. The van der Waals surface area contributed by atoms with Crippen molar-refractivity contribution in [2.45, 2.75) is 11.8 Å². The molecule has 0 heterocycles. The van der Waals surface area contributed by atoms with Gasteiger partial charge in [-0.3, -0.25) is 4.79 Å². The van der Waals surface area contributed by atoms with E-state index in [4.69, 9.17) is 5.73 Å². The van der Waals surface area contributed by atoms with Crippen molar-refractivity contribution in [1.82, 2.24) is 0 Å². The molecule has 0 fully saturated rings. The number of rotatable bonds is 2. The van der Waals surface area contributed by atoms with Gasteiger partial charge in [0.15, 0.2) is 5.78 Å². The summed E-state index contributed by atoms with van der Waals surface area (Å²) in [4.78, 5) is 11.9. The van der Waals surface area contributed by atoms with Crippen LogP contribution >= 0.6 is 11.8 Å². The lowest BCUT2D eigenvalue weighted by atomic mass is 10.1. The van der Waals surface area contributed by atoms with Gasteiger partial charge in [0, 0.05) is 16.1 Å². The van der Waals surface area contributed by atoms with E-state index in [2.05, 4.69) is 0 Å². The number of thioether (sulfide) groups is 1. The van der Waals surface area contributed by atoms with Crippen LogP contribution < -0.4 is 5.73 Å². The number of hydrogen-bond donors (Lipinski definition) is 1. The molecule has 0 amide bonds. The van der Waals surface area contributed by atoms with E-state index < -0.39 is 0 Å². The van der Waals surface area contributed by atoms with Crippen LogP contribution in [0.2, 0.25) is 0 Å². The van der Waals surface area contributed by atoms with Crippen molar-refractivity contribution in [2.75, 3.05) is 12.0 Å². The van der Waals surface area contributed by atoms with Crippen LogP contribution in [0.1, 0.15) is 17.3 Å². The summed E-state index contributed by atoms with van der Waals surface area (Å²) >= 11 is 1.55. The van der Waals surface area contributed by atoms with Crippen molar-refractivity contribution >= 4 is 23.2 Å². The van der Waals surface area contributed by atoms with Gasteiger partial charge in [-0.15, -0.1) is 11.8 Å². The Hall–Kier alpha value is -0.960. The van der Waals surface area contributed by atoms with Gasteiger partial charge >= 0.3 is 0 Å². The van der Waals surface area contributed by atoms with E-state index in [0.29, 0.717) is 5.56 Å². The van der Waals surface area contributed by atoms with E-state index in [-0.39, 0.29) is 5.78 Å². The Balaban J connectivity index is 3.13. The van der Waals surface area contributed by atoms with Gasteiger partial charge in [0.1, 0.15) is 0 Å². The molecule has 1 rings (SSSR count). The molecule has 12 heavy (non-hydrogen) atoms. The molecular formula is C9H11NOS. The van der Waals surface area contributed by atoms with Crippen LogP contribution in [0.25, 0.3) is 0 Å². The zero-order valence-electron chi connectivity index (χ0n) is 7.13. The second-order valence-corrected chi connectivity index (χ2v) is 3.36. The topological polar surface area (TPSA) is 43.1 Å². The number of carbonyl (C=O) groups is 1. The summed E-state index contributed by atoms with van der Waals surface area (Å²) in [6.45, 7) is 1.55. The average molecular weight is 181 g/mol. The fourth-order valence-corrected chi connectivity index (χ4v) is 1.48. The van der Waals surface area contributed by atoms with Crippen molar-refractivity contribution in [3.05, 3.63) is 23.8 Å². The molecule has 0 saturated carbocycles. The molecule has 64 valence electrons. The third kappa shape index (κ3) is 1.80. The summed E-state index contributed by atoms with van der Waals surface area (Å²) < 4.78 is 0. The van der Waals surface area contributed by atoms with Gasteiger partial charge in [-0.25, -0.2) is 0 Å². The Bertz CT molecular complexity index is 309. The summed E-state index contributed by atoms with van der Waals surface area (Å²) in [6, 6.07) is 5.34. The first-order chi connectivity index (χ1) is 5.65. The maximum atomic E-state index is 11.0. The molecule has 2 nitrogen and oxygen atoms in total. The van der Waals surface area contributed by atoms with Crippen molar-refractivity contribution in [3.8, 4) is 0 Å². The van der Waals surface area contributed by atoms with E-state index >= 15 is 0 Å². The van der Waals surface area contributed by atoms with Crippen LogP contribution in [0.5, 0.6) is 0 Å². The number of carbonyl (C=O) groups excluding carboxylic acids is 1. The van der Waals surface area contributed by atoms with Crippen molar-refractivity contribution in [1.29, 1.82) is 0 Å². The molecule has 3 heteroatoms. The lowest BCUT2D eigenvalue weighted by Crippen LogP contribution is -1.95. The normalized spacial score (nSPS) is 9.83. The van der Waals surface area contributed by atoms with E-state index in [9.17, 15) is 4.79 Å². The Kier molecular flexibility index (Phi) is 2.76. The van der Waals surface area contributed by atoms with Gasteiger partial charge in [-0.1, -0.05) is 0 Å². The smallest absolute Gasteiger partial charge is 0.159 e. The molecule has 1 aromatic rings. The standard InChI is InChI=1S/C9H11NOS/c1-6(11)7-3-4-8(10)9(5-7)12-2/h3-5H,10H2,1-2H3. The maximum Gasteiger partial charge on any atom is 0.159 e. The van der Waals surface area contributed by atoms with Gasteiger partial charge in [0.05, 0.1) is 0 Å². The van der Waals surface area contributed by atoms with Crippen LogP contribution in [0.3, 0.4) is 0 Å². The minimum absolute atomic E-state index is 0.0744. The van der Waals surface area contributed by atoms with Crippen molar-refractivity contribution < 1.29 is 4.79 Å². The number of nitrogens with two attached hydrogens (primary N) is 1. The zero-order valence-corrected chi connectivity index (χ0v) is 7.94. The van der Waals surface area contributed by atoms with Gasteiger partial charge in [0.25, 0.3) is 0 Å². The first-order valence-corrected chi connectivity index (χ1v) is 4.82. The van der Waals surface area contributed by atoms with Crippen LogP contribution in [-0.4, -0.2) is 12.0 Å². The van der Waals surface area contributed by atoms with Crippen LogP contribution in [0.15, 0.2) is 23.1 Å². The highest BCUT2D eigenvalue weighted by Gasteiger charge is 2.02. The number of hydrogen-bond acceptors (Lipinski definition) is 3. The molecule has 0 aliphatic carbocycles. The van der Waals surface area contributed by atoms with Crippen molar-refractivity contribution in [2.24, 2.45) is 0 Å². The predicted octanol–water partition coefficient (Wildman–Crippen LogP) is 2.19. The number of nitrogen functional groups attached to an aromatic ring is 1. The highest BCUT2D eigenvalue weighted by atomic mass is 32.2. The molecule has 2 N–H and O–H groups in total. The molecule has 0 aliphatic rings. The van der Waals surface area contributed by atoms with Gasteiger partial charge in [-0.05, 0) is 31.4 Å². The SMILES string of the molecule is CSc1cc(C(C)=O)ccc1N. The summed E-state index contributed by atoms with van der Waals surface area (Å²) in [5.41, 5.74) is 7.11. The number of ketones is 1. The fourth-order valence-electron chi connectivity index (χ4n) is 0.930. The summed E-state index contributed by atoms with van der Waals surface area (Å²) in [6.07, 6.45) is 1.94. The molecule has 0 aromatic heterocycles. The highest BCUT2D eigenvalue weighted by molar-refractivity contribution is 7.98. The highest BCUT2D eigenvalue weighted by Crippen LogP contribution is 2.23. The second kappa shape index (κ2) is 3.63. The van der Waals surface area contributed by atoms with E-state index in [1.54, 1.807) is 30.8 Å². The van der Waals surface area contributed by atoms with Crippen LogP contribution in [0.4, 0.5) is 5.69 Å². The Morgan fingerprint density at radius 3 is 2.67 bits per heavy atom. The predicted molar refractivity (Wildman–Crippen MR) is 52.6 cm³/mol. The zero-order chi connectivity index (χ0) is 9.14. The first kappa shape index (κ1) is 9.13. The van der Waals surface area contributed by atoms with E-state index in [1.807, 2.05) is 12.3 Å². The molecular weight excluding hydrogens is 170 g/mol. The molecule has 0 spiro atoms. The minimum atomic E-state index is 0.0744. The van der Waals surface area contributed by atoms with Crippen LogP contribution in [0, 0.1) is 0 Å². The third-order valence-electron chi connectivity index (χ3n) is 1.64. The van der Waals surface area contributed by atoms with Crippen LogP contribution in [-0.2, 0) is 0 Å². The molecule has 0 radical (unpaired) electrons.